The summed E-state index contributed by atoms with van der Waals surface area (Å²) in [7, 11) is 0. The largest absolute Gasteiger partial charge is 0.423 e. The van der Waals surface area contributed by atoms with Gasteiger partial charge in [0.15, 0.2) is 0 Å². The molecule has 1 heterocycles. The molecule has 0 radical (unpaired) electrons. The van der Waals surface area contributed by atoms with Crippen LogP contribution in [-0.4, -0.2) is 17.8 Å². The van der Waals surface area contributed by atoms with E-state index in [4.69, 9.17) is 4.74 Å². The van der Waals surface area contributed by atoms with E-state index in [1.54, 1.807) is 48.5 Å². The maximum Gasteiger partial charge on any atom is 0.343 e. The van der Waals surface area contributed by atoms with Crippen molar-refractivity contribution in [2.75, 3.05) is 4.90 Å². The quantitative estimate of drug-likeness (QED) is 0.472. The van der Waals surface area contributed by atoms with E-state index in [9.17, 15) is 14.4 Å². The number of rotatable bonds is 3. The molecule has 138 valence electrons. The number of nitrogens with zero attached hydrogens (tertiary/aromatic N) is 1. The molecule has 0 spiro atoms. The van der Waals surface area contributed by atoms with Gasteiger partial charge in [-0.2, -0.15) is 0 Å². The van der Waals surface area contributed by atoms with Crippen LogP contribution < -0.4 is 9.64 Å². The van der Waals surface area contributed by atoms with Gasteiger partial charge in [0.25, 0.3) is 0 Å². The number of amides is 2. The van der Waals surface area contributed by atoms with Crippen LogP contribution in [0.15, 0.2) is 54.6 Å². The second kappa shape index (κ2) is 6.99. The number of imide groups is 1. The standard InChI is InChI=1S/C22H21NO4/c1-14-7-12-18-19(13-14)21(25)23(20(18)24)16-10-8-15(9-11-16)22(26)27-17-5-3-2-4-6-17/h2-6,8-11,14,18-19H,7,12-13H2,1H3/t14-,18+,19+/m1/s1. The van der Waals surface area contributed by atoms with Crippen molar-refractivity contribution in [1.29, 1.82) is 0 Å². The molecule has 0 unspecified atom stereocenters. The normalized spacial score (nSPS) is 24.6. The van der Waals surface area contributed by atoms with Crippen LogP contribution in [-0.2, 0) is 9.59 Å². The highest BCUT2D eigenvalue weighted by Crippen LogP contribution is 2.42. The molecule has 5 heteroatoms. The van der Waals surface area contributed by atoms with Crippen molar-refractivity contribution in [3.8, 4) is 5.75 Å². The SMILES string of the molecule is C[C@@H]1CC[C@@H]2C(=O)N(c3ccc(C(=O)Oc4ccccc4)cc3)C(=O)[C@H]2C1. The second-order valence-electron chi connectivity index (χ2n) is 7.39. The first-order valence-electron chi connectivity index (χ1n) is 9.29. The van der Waals surface area contributed by atoms with Crippen LogP contribution in [0.2, 0.25) is 0 Å². The van der Waals surface area contributed by atoms with Gasteiger partial charge in [-0.3, -0.25) is 14.5 Å². The Morgan fingerprint density at radius 2 is 1.59 bits per heavy atom. The first kappa shape index (κ1) is 17.5. The third-order valence-electron chi connectivity index (χ3n) is 5.50. The first-order chi connectivity index (χ1) is 13.0. The molecule has 2 aliphatic rings. The zero-order valence-electron chi connectivity index (χ0n) is 15.1. The van der Waals surface area contributed by atoms with E-state index in [2.05, 4.69) is 6.92 Å². The fraction of sp³-hybridized carbons (Fsp3) is 0.318. The van der Waals surface area contributed by atoms with Gasteiger partial charge in [-0.15, -0.1) is 0 Å². The van der Waals surface area contributed by atoms with Gasteiger partial charge in [-0.05, 0) is 61.6 Å². The number of ether oxygens (including phenoxy) is 1. The molecular formula is C22H21NO4. The average molecular weight is 363 g/mol. The molecular weight excluding hydrogens is 342 g/mol. The summed E-state index contributed by atoms with van der Waals surface area (Å²) in [6, 6.07) is 15.3. The average Bonchev–Trinajstić information content (AvgIpc) is 2.92. The van der Waals surface area contributed by atoms with Gasteiger partial charge in [0.2, 0.25) is 11.8 Å². The van der Waals surface area contributed by atoms with Gasteiger partial charge in [-0.25, -0.2) is 4.79 Å². The molecule has 0 aromatic heterocycles. The van der Waals surface area contributed by atoms with Gasteiger partial charge in [0.05, 0.1) is 23.1 Å². The zero-order valence-corrected chi connectivity index (χ0v) is 15.1. The van der Waals surface area contributed by atoms with Crippen LogP contribution in [0, 0.1) is 17.8 Å². The molecule has 2 aromatic rings. The molecule has 2 aromatic carbocycles. The summed E-state index contributed by atoms with van der Waals surface area (Å²) in [6.07, 6.45) is 2.53. The molecule has 2 amide bonds. The number of esters is 1. The van der Waals surface area contributed by atoms with Crippen LogP contribution in [0.3, 0.4) is 0 Å². The summed E-state index contributed by atoms with van der Waals surface area (Å²) in [4.78, 5) is 39.0. The van der Waals surface area contributed by atoms with Gasteiger partial charge >= 0.3 is 5.97 Å². The number of hydrogen-bond donors (Lipinski definition) is 0. The van der Waals surface area contributed by atoms with Gasteiger partial charge in [0.1, 0.15) is 5.75 Å². The lowest BCUT2D eigenvalue weighted by Crippen LogP contribution is -2.30. The molecule has 1 aliphatic heterocycles. The topological polar surface area (TPSA) is 63.7 Å². The van der Waals surface area contributed by atoms with Crippen LogP contribution in [0.1, 0.15) is 36.5 Å². The number of carbonyl (C=O) groups excluding carboxylic acids is 3. The van der Waals surface area contributed by atoms with Crippen LogP contribution in [0.5, 0.6) is 5.75 Å². The van der Waals surface area contributed by atoms with Gasteiger partial charge in [-0.1, -0.05) is 25.1 Å². The third-order valence-corrected chi connectivity index (χ3v) is 5.50. The molecule has 0 N–H and O–H groups in total. The van der Waals surface area contributed by atoms with E-state index in [-0.39, 0.29) is 23.7 Å². The third kappa shape index (κ3) is 3.25. The lowest BCUT2D eigenvalue weighted by molar-refractivity contribution is -0.122. The molecule has 4 rings (SSSR count). The summed E-state index contributed by atoms with van der Waals surface area (Å²) >= 11 is 0. The number of hydrogen-bond acceptors (Lipinski definition) is 4. The Kier molecular flexibility index (Phi) is 4.52. The van der Waals surface area contributed by atoms with Crippen molar-refractivity contribution in [3.63, 3.8) is 0 Å². The molecule has 0 bridgehead atoms. The highest BCUT2D eigenvalue weighted by molar-refractivity contribution is 6.22. The Bertz CT molecular complexity index is 875. The van der Waals surface area contributed by atoms with E-state index in [0.717, 1.165) is 19.3 Å². The Labute approximate surface area is 157 Å². The van der Waals surface area contributed by atoms with Crippen molar-refractivity contribution in [2.45, 2.75) is 26.2 Å². The van der Waals surface area contributed by atoms with Gasteiger partial charge in [0, 0.05) is 0 Å². The zero-order chi connectivity index (χ0) is 19.0. The highest BCUT2D eigenvalue weighted by atomic mass is 16.5. The predicted molar refractivity (Wildman–Crippen MR) is 100 cm³/mol. The van der Waals surface area contributed by atoms with Crippen molar-refractivity contribution in [3.05, 3.63) is 60.2 Å². The molecule has 5 nitrogen and oxygen atoms in total. The fourth-order valence-corrected chi connectivity index (χ4v) is 4.05. The number of para-hydroxylation sites is 1. The summed E-state index contributed by atoms with van der Waals surface area (Å²) in [5, 5.41) is 0. The first-order valence-corrected chi connectivity index (χ1v) is 9.29. The summed E-state index contributed by atoms with van der Waals surface area (Å²) in [5.41, 5.74) is 0.885. The second-order valence-corrected chi connectivity index (χ2v) is 7.39. The summed E-state index contributed by atoms with van der Waals surface area (Å²) < 4.78 is 5.31. The minimum absolute atomic E-state index is 0.114. The van der Waals surface area contributed by atoms with Crippen LogP contribution >= 0.6 is 0 Å². The van der Waals surface area contributed by atoms with Crippen molar-refractivity contribution < 1.29 is 19.1 Å². The van der Waals surface area contributed by atoms with Crippen molar-refractivity contribution in [2.24, 2.45) is 17.8 Å². The molecule has 1 saturated heterocycles. The van der Waals surface area contributed by atoms with E-state index in [1.807, 2.05) is 6.07 Å². The Balaban J connectivity index is 1.51. The lowest BCUT2D eigenvalue weighted by Gasteiger charge is -2.25. The fourth-order valence-electron chi connectivity index (χ4n) is 4.05. The maximum atomic E-state index is 12.8. The van der Waals surface area contributed by atoms with Crippen molar-refractivity contribution >= 4 is 23.5 Å². The number of carbonyl (C=O) groups is 3. The summed E-state index contributed by atoms with van der Waals surface area (Å²) in [6.45, 7) is 2.13. The van der Waals surface area contributed by atoms with E-state index < -0.39 is 5.97 Å². The predicted octanol–water partition coefficient (Wildman–Crippen LogP) is 3.83. The smallest absolute Gasteiger partial charge is 0.343 e. The molecule has 1 aliphatic carbocycles. The highest BCUT2D eigenvalue weighted by Gasteiger charge is 2.49. The monoisotopic (exact) mass is 363 g/mol. The van der Waals surface area contributed by atoms with Gasteiger partial charge < -0.3 is 4.74 Å². The van der Waals surface area contributed by atoms with Crippen LogP contribution in [0.25, 0.3) is 0 Å². The van der Waals surface area contributed by atoms with Crippen LogP contribution in [0.4, 0.5) is 5.69 Å². The van der Waals surface area contributed by atoms with Crippen molar-refractivity contribution in [1.82, 2.24) is 0 Å². The molecule has 3 atom stereocenters. The molecule has 1 saturated carbocycles. The summed E-state index contributed by atoms with van der Waals surface area (Å²) in [5.74, 6) is -0.171. The van der Waals surface area contributed by atoms with E-state index >= 15 is 0 Å². The molecule has 2 fully saturated rings. The minimum Gasteiger partial charge on any atom is -0.423 e. The number of benzene rings is 2. The Morgan fingerprint density at radius 1 is 0.926 bits per heavy atom. The Hall–Kier alpha value is -2.95. The number of fused-ring (bicyclic) bond motifs is 1. The lowest BCUT2D eigenvalue weighted by atomic mass is 9.76. The molecule has 27 heavy (non-hydrogen) atoms. The Morgan fingerprint density at radius 3 is 2.30 bits per heavy atom. The minimum atomic E-state index is -0.477. The maximum absolute atomic E-state index is 12.8. The van der Waals surface area contributed by atoms with E-state index in [0.29, 0.717) is 22.9 Å². The number of anilines is 1. The van der Waals surface area contributed by atoms with E-state index in [1.165, 1.54) is 4.90 Å².